The first-order chi connectivity index (χ1) is 8.93. The van der Waals surface area contributed by atoms with Crippen molar-refractivity contribution >= 4 is 10.1 Å². The molecule has 0 aliphatic rings. The Morgan fingerprint density at radius 3 is 1.90 bits per heavy atom. The summed E-state index contributed by atoms with van der Waals surface area (Å²) in [4.78, 5) is 0. The summed E-state index contributed by atoms with van der Waals surface area (Å²) < 4.78 is 33.6. The van der Waals surface area contributed by atoms with Gasteiger partial charge in [-0.3, -0.25) is 0 Å². The number of aliphatic hydroxyl groups excluding tert-OH is 1. The average molecular weight is 316 g/mol. The van der Waals surface area contributed by atoms with E-state index in [4.69, 9.17) is 0 Å². The van der Waals surface area contributed by atoms with Crippen LogP contribution < -0.4 is 29.6 Å². The van der Waals surface area contributed by atoms with Gasteiger partial charge in [0.25, 0.3) is 0 Å². The van der Waals surface area contributed by atoms with Crippen LogP contribution in [0.3, 0.4) is 0 Å². The summed E-state index contributed by atoms with van der Waals surface area (Å²) in [6, 6.07) is 0. The number of hydrogen-bond acceptors (Lipinski definition) is 4. The molecule has 0 heterocycles. The zero-order valence-electron chi connectivity index (χ0n) is 13.3. The number of unbranched alkanes of at least 4 members (excludes halogenated alkanes) is 6. The first kappa shape index (κ1) is 23.1. The first-order valence-corrected chi connectivity index (χ1v) is 9.03. The van der Waals surface area contributed by atoms with E-state index in [9.17, 15) is 18.1 Å². The van der Waals surface area contributed by atoms with Crippen LogP contribution in [0.1, 0.15) is 78.1 Å². The molecule has 0 amide bonds. The second-order valence-electron chi connectivity index (χ2n) is 5.30. The van der Waals surface area contributed by atoms with Gasteiger partial charge in [0, 0.05) is 0 Å². The third-order valence-electron chi connectivity index (χ3n) is 3.50. The van der Waals surface area contributed by atoms with Gasteiger partial charge in [0.1, 0.15) is 10.1 Å². The maximum atomic E-state index is 11.2. The van der Waals surface area contributed by atoms with Crippen molar-refractivity contribution in [1.29, 1.82) is 0 Å². The summed E-state index contributed by atoms with van der Waals surface area (Å²) in [5.74, 6) is 0. The van der Waals surface area contributed by atoms with Crippen molar-refractivity contribution < 1.29 is 47.6 Å². The van der Waals surface area contributed by atoms with Gasteiger partial charge in [-0.25, -0.2) is 8.42 Å². The predicted octanol–water partition coefficient (Wildman–Crippen LogP) is 0.206. The molecule has 0 rings (SSSR count). The Morgan fingerprint density at radius 2 is 1.40 bits per heavy atom. The molecule has 20 heavy (non-hydrogen) atoms. The van der Waals surface area contributed by atoms with Crippen LogP contribution in [0.15, 0.2) is 0 Å². The fourth-order valence-electron chi connectivity index (χ4n) is 2.25. The summed E-state index contributed by atoms with van der Waals surface area (Å²) >= 11 is 0. The Balaban J connectivity index is 0. The minimum Gasteiger partial charge on any atom is -0.748 e. The predicted molar refractivity (Wildman–Crippen MR) is 77.0 cm³/mol. The quantitative estimate of drug-likeness (QED) is 0.317. The standard InChI is InChI=1S/C14H30O4S.Na/c1-3-5-7-8-9-10-12-14(19(16,17)18)13(15)11-6-4-2;/h13-15H,3-12H2,1-2H3,(H,16,17,18);/q;+1/p-1. The largest absolute Gasteiger partial charge is 1.00 e. The molecule has 0 spiro atoms. The van der Waals surface area contributed by atoms with E-state index in [0.717, 1.165) is 32.1 Å². The van der Waals surface area contributed by atoms with Crippen molar-refractivity contribution in [3.05, 3.63) is 0 Å². The van der Waals surface area contributed by atoms with Crippen LogP contribution in [0, 0.1) is 0 Å². The Kier molecular flexibility index (Phi) is 15.7. The third-order valence-corrected chi connectivity index (χ3v) is 4.79. The molecule has 0 saturated carbocycles. The van der Waals surface area contributed by atoms with Gasteiger partial charge in [0.05, 0.1) is 11.4 Å². The normalized spacial score (nSPS) is 14.6. The SMILES string of the molecule is CCCCCCCCC(C(O)CCCC)S(=O)(=O)[O-].[Na+]. The molecule has 0 aliphatic carbocycles. The van der Waals surface area contributed by atoms with E-state index in [2.05, 4.69) is 6.92 Å². The average Bonchev–Trinajstić information content (AvgIpc) is 2.33. The molecule has 0 aliphatic heterocycles. The van der Waals surface area contributed by atoms with Crippen LogP contribution in [-0.4, -0.2) is 29.4 Å². The van der Waals surface area contributed by atoms with Gasteiger partial charge in [-0.2, -0.15) is 0 Å². The number of rotatable bonds is 12. The Morgan fingerprint density at radius 1 is 0.900 bits per heavy atom. The molecule has 116 valence electrons. The molecule has 0 aromatic heterocycles. The van der Waals surface area contributed by atoms with Gasteiger partial charge >= 0.3 is 29.6 Å². The molecular weight excluding hydrogens is 287 g/mol. The molecule has 2 atom stereocenters. The topological polar surface area (TPSA) is 77.4 Å². The maximum Gasteiger partial charge on any atom is 1.00 e. The van der Waals surface area contributed by atoms with Crippen molar-refractivity contribution in [3.8, 4) is 0 Å². The van der Waals surface area contributed by atoms with Crippen LogP contribution >= 0.6 is 0 Å². The van der Waals surface area contributed by atoms with Gasteiger partial charge in [0.2, 0.25) is 0 Å². The fourth-order valence-corrected chi connectivity index (χ4v) is 3.23. The Bertz CT molecular complexity index is 306. The smallest absolute Gasteiger partial charge is 0.748 e. The molecular formula is C14H29NaO4S. The zero-order valence-corrected chi connectivity index (χ0v) is 16.1. The summed E-state index contributed by atoms with van der Waals surface area (Å²) in [6.07, 6.45) is 7.58. The van der Waals surface area contributed by atoms with Gasteiger partial charge in [-0.05, 0) is 12.8 Å². The van der Waals surface area contributed by atoms with Crippen LogP contribution in [0.5, 0.6) is 0 Å². The van der Waals surface area contributed by atoms with Gasteiger partial charge < -0.3 is 9.66 Å². The van der Waals surface area contributed by atoms with Crippen molar-refractivity contribution in [3.63, 3.8) is 0 Å². The molecule has 6 heteroatoms. The summed E-state index contributed by atoms with van der Waals surface area (Å²) in [7, 11) is -4.39. The second kappa shape index (κ2) is 13.5. The number of hydrogen-bond donors (Lipinski definition) is 1. The Labute approximate surface area is 146 Å². The number of aliphatic hydroxyl groups is 1. The van der Waals surface area contributed by atoms with E-state index in [-0.39, 0.29) is 29.6 Å². The first-order valence-electron chi connectivity index (χ1n) is 7.56. The van der Waals surface area contributed by atoms with E-state index < -0.39 is 21.5 Å². The maximum absolute atomic E-state index is 11.2. The van der Waals surface area contributed by atoms with Crippen LogP contribution in [0.25, 0.3) is 0 Å². The Hall–Kier alpha value is 0.870. The summed E-state index contributed by atoms with van der Waals surface area (Å²) in [6.45, 7) is 4.12. The molecule has 0 aromatic rings. The minimum atomic E-state index is -4.39. The molecule has 0 fully saturated rings. The van der Waals surface area contributed by atoms with Gasteiger partial charge in [0.15, 0.2) is 0 Å². The molecule has 0 radical (unpaired) electrons. The van der Waals surface area contributed by atoms with E-state index in [0.29, 0.717) is 19.3 Å². The monoisotopic (exact) mass is 316 g/mol. The van der Waals surface area contributed by atoms with Crippen LogP contribution in [0.2, 0.25) is 0 Å². The van der Waals surface area contributed by atoms with E-state index in [1.54, 1.807) is 0 Å². The third kappa shape index (κ3) is 11.5. The van der Waals surface area contributed by atoms with Crippen molar-refractivity contribution in [2.45, 2.75) is 89.4 Å². The van der Waals surface area contributed by atoms with Gasteiger partial charge in [-0.15, -0.1) is 0 Å². The van der Waals surface area contributed by atoms with Crippen LogP contribution in [-0.2, 0) is 10.1 Å². The summed E-state index contributed by atoms with van der Waals surface area (Å²) in [5, 5.41) is 8.72. The van der Waals surface area contributed by atoms with E-state index in [1.165, 1.54) is 12.8 Å². The van der Waals surface area contributed by atoms with Crippen molar-refractivity contribution in [2.75, 3.05) is 0 Å². The van der Waals surface area contributed by atoms with Crippen molar-refractivity contribution in [1.82, 2.24) is 0 Å². The van der Waals surface area contributed by atoms with Crippen LogP contribution in [0.4, 0.5) is 0 Å². The molecule has 0 aromatic carbocycles. The summed E-state index contributed by atoms with van der Waals surface area (Å²) in [5.41, 5.74) is 0. The van der Waals surface area contributed by atoms with Crippen molar-refractivity contribution in [2.24, 2.45) is 0 Å². The van der Waals surface area contributed by atoms with E-state index >= 15 is 0 Å². The molecule has 0 saturated heterocycles. The minimum absolute atomic E-state index is 0. The zero-order chi connectivity index (χ0) is 14.7. The fraction of sp³-hybridized carbons (Fsp3) is 1.00. The molecule has 4 nitrogen and oxygen atoms in total. The molecule has 1 N–H and O–H groups in total. The van der Waals surface area contributed by atoms with E-state index in [1.807, 2.05) is 6.92 Å². The molecule has 2 unspecified atom stereocenters. The van der Waals surface area contributed by atoms with Gasteiger partial charge in [-0.1, -0.05) is 65.2 Å². The molecule has 0 bridgehead atoms. The second-order valence-corrected chi connectivity index (χ2v) is 6.89.